The van der Waals surface area contributed by atoms with Gasteiger partial charge in [0.2, 0.25) is 0 Å². The van der Waals surface area contributed by atoms with Crippen molar-refractivity contribution in [1.82, 2.24) is 39.5 Å². The molecule has 22 heteroatoms. The minimum atomic E-state index is -1.12. The van der Waals surface area contributed by atoms with E-state index < -0.39 is 70.1 Å². The van der Waals surface area contributed by atoms with Crippen molar-refractivity contribution < 1.29 is 83.1 Å². The predicted octanol–water partition coefficient (Wildman–Crippen LogP) is 4.98. The molecule has 0 fully saturated rings. The molecule has 2 aromatic heterocycles. The maximum absolute atomic E-state index is 13.5. The van der Waals surface area contributed by atoms with Gasteiger partial charge in [-0.2, -0.15) is 27.0 Å². The number of carboxylic acids is 1. The minimum absolute atomic E-state index is 0. The molecule has 0 aliphatic carbocycles. The van der Waals surface area contributed by atoms with Crippen LogP contribution in [0.4, 0.5) is 9.59 Å². The van der Waals surface area contributed by atoms with Crippen LogP contribution in [-0.4, -0.2) is 119 Å². The van der Waals surface area contributed by atoms with Gasteiger partial charge < -0.3 is 54.4 Å². The molecule has 2 aliphatic heterocycles. The van der Waals surface area contributed by atoms with Gasteiger partial charge in [-0.3, -0.25) is 9.59 Å². The fourth-order valence-electron chi connectivity index (χ4n) is 7.87. The van der Waals surface area contributed by atoms with E-state index in [1.54, 1.807) is 51.3 Å². The van der Waals surface area contributed by atoms with Gasteiger partial charge in [0, 0.05) is 37.3 Å². The summed E-state index contributed by atoms with van der Waals surface area (Å²) in [6.07, 6.45) is 0.425. The Morgan fingerprint density at radius 1 is 0.575 bits per heavy atom. The second-order valence-corrected chi connectivity index (χ2v) is 21.4. The number of nitrogens with one attached hydrogen (secondary N) is 2. The number of carbonyl (C=O) groups excluding carboxylic acids is 5. The Kier molecular flexibility index (Phi) is 24.3. The van der Waals surface area contributed by atoms with E-state index in [-0.39, 0.29) is 86.5 Å². The third-order valence-electron chi connectivity index (χ3n) is 11.2. The molecule has 2 atom stereocenters. The summed E-state index contributed by atoms with van der Waals surface area (Å²) in [4.78, 5) is 89.4. The maximum atomic E-state index is 13.5. The van der Waals surface area contributed by atoms with Crippen LogP contribution in [0.1, 0.15) is 128 Å². The van der Waals surface area contributed by atoms with E-state index in [1.165, 1.54) is 7.11 Å². The molecule has 0 spiro atoms. The number of imidazole rings is 2. The number of amides is 4. The van der Waals surface area contributed by atoms with E-state index >= 15 is 0 Å². The first-order chi connectivity index (χ1) is 32.1. The number of rotatable bonds is 8. The zero-order valence-electron chi connectivity index (χ0n) is 44.8. The summed E-state index contributed by atoms with van der Waals surface area (Å²) in [5, 5.41) is 15.1. The van der Waals surface area contributed by atoms with Gasteiger partial charge in [0.15, 0.2) is 11.4 Å². The van der Waals surface area contributed by atoms with Crippen LogP contribution >= 0.6 is 27.0 Å². The van der Waals surface area contributed by atoms with Gasteiger partial charge in [0.1, 0.15) is 34.9 Å². The number of fused-ring (bicyclic) bond motifs is 2. The van der Waals surface area contributed by atoms with Crippen LogP contribution in [0.5, 0.6) is 0 Å². The molecule has 2 aromatic carbocycles. The van der Waals surface area contributed by atoms with Gasteiger partial charge >= 0.3 is 53.7 Å². The number of nitrogens with zero attached hydrogens (tertiary/aromatic N) is 6. The van der Waals surface area contributed by atoms with Crippen molar-refractivity contribution in [2.75, 3.05) is 20.2 Å². The van der Waals surface area contributed by atoms with Crippen molar-refractivity contribution in [2.45, 2.75) is 145 Å². The normalized spacial score (nSPS) is 14.3. The summed E-state index contributed by atoms with van der Waals surface area (Å²) in [6, 6.07) is 17.1. The first-order valence-corrected chi connectivity index (χ1v) is 23.3. The second kappa shape index (κ2) is 26.9. The number of carboxylic acid groups (broad SMARTS) is 1. The summed E-state index contributed by atoms with van der Waals surface area (Å²) >= 11 is 0. The van der Waals surface area contributed by atoms with E-state index in [0.29, 0.717) is 62.1 Å². The van der Waals surface area contributed by atoms with E-state index in [2.05, 4.69) is 15.6 Å². The molecule has 0 radical (unpaired) electrons. The number of hydrogen-bond acceptors (Lipinski definition) is 12. The van der Waals surface area contributed by atoms with Crippen LogP contribution in [0.25, 0.3) is 22.8 Å². The zero-order valence-corrected chi connectivity index (χ0v) is 48.8. The van der Waals surface area contributed by atoms with Gasteiger partial charge in [-0.1, -0.05) is 102 Å². The molecule has 0 bridgehead atoms. The Labute approximate surface area is 465 Å². The average molecular weight is 1060 g/mol. The Morgan fingerprint density at radius 2 is 0.918 bits per heavy atom. The van der Waals surface area contributed by atoms with Crippen molar-refractivity contribution in [3.8, 4) is 22.8 Å². The van der Waals surface area contributed by atoms with Crippen LogP contribution < -0.4 is 40.2 Å². The standard InChI is InChI=1S/C26H36N4O5.C25H34N4O5.Na.H2O.2H2S/c1-25(2,3)20(23(32)34-7)28-22(31)19-18-16-29(24(33)35-26(4,5)6)14-11-15-30(18)21(27-19)17-12-9-8-10-13-17;1-24(2,3)19(22(31)32)27-21(30)18-17-15-28(23(33)34-25(4,5)6)13-10-14-29(17)20(26-18)16-11-8-7-9-12-16;;;;/h8-10,12-13,20H,11,14-16H2,1-7H3,(H,28,31);7-9,11-12,19H,10,13-15H2,1-6H3,(H,27,30)(H,31,32);;3*1H2/q;;+1;;;/p-1/t20-;19-;;;;/m11..../s1. The Bertz CT molecular complexity index is 2510. The maximum Gasteiger partial charge on any atom is 1.00 e. The van der Waals surface area contributed by atoms with Crippen molar-refractivity contribution in [3.05, 3.63) is 83.4 Å². The molecule has 0 saturated heterocycles. The molecule has 398 valence electrons. The number of hydrogen-bond donors (Lipinski definition) is 3. The molecule has 4 N–H and O–H groups in total. The fourth-order valence-corrected chi connectivity index (χ4v) is 7.87. The second-order valence-electron chi connectivity index (χ2n) is 21.4. The monoisotopic (exact) mass is 1060 g/mol. The van der Waals surface area contributed by atoms with Crippen molar-refractivity contribution in [2.24, 2.45) is 10.8 Å². The van der Waals surface area contributed by atoms with Gasteiger partial charge in [0.25, 0.3) is 11.8 Å². The first-order valence-electron chi connectivity index (χ1n) is 23.3. The topological polar surface area (TPSA) is 247 Å². The van der Waals surface area contributed by atoms with Crippen LogP contribution in [0.3, 0.4) is 0 Å². The summed E-state index contributed by atoms with van der Waals surface area (Å²) in [5.41, 5.74) is 0.563. The number of aliphatic carboxylic acids is 1. The quantitative estimate of drug-likeness (QED) is 0.120. The van der Waals surface area contributed by atoms with Gasteiger partial charge in [-0.05, 0) is 65.2 Å². The summed E-state index contributed by atoms with van der Waals surface area (Å²) in [7, 11) is 1.29. The molecule has 73 heavy (non-hydrogen) atoms. The molecular weight excluding hydrogens is 988 g/mol. The SMILES string of the molecule is CC(C)(C)OC(=O)N1CCCn2c(-c3ccccc3)nc(C(=O)N[C@H](C(=O)O)C(C)(C)C)c2C1.COC(=O)[C@@H](NC(=O)c1nc(-c2ccccc2)n2c1CN(C(=O)OC(C)(C)C)CCC2)C(C)(C)C.S.S.[Na+].[OH-]. The molecule has 2 aliphatic rings. The Balaban J connectivity index is 0.000000692. The molecular formula is C51H75N8NaO11S2. The molecule has 19 nitrogen and oxygen atoms in total. The predicted molar refractivity (Wildman–Crippen MR) is 282 cm³/mol. The van der Waals surface area contributed by atoms with E-state index in [0.717, 1.165) is 11.1 Å². The van der Waals surface area contributed by atoms with Gasteiger partial charge in [-0.15, -0.1) is 0 Å². The molecule has 4 amide bonds. The van der Waals surface area contributed by atoms with E-state index in [4.69, 9.17) is 19.2 Å². The molecule has 4 aromatic rings. The summed E-state index contributed by atoms with van der Waals surface area (Å²) < 4.78 is 20.0. The Morgan fingerprint density at radius 3 is 1.22 bits per heavy atom. The number of methoxy groups -OCH3 is 1. The number of ether oxygens (including phenoxy) is 3. The third kappa shape index (κ3) is 17.5. The molecule has 0 unspecified atom stereocenters. The van der Waals surface area contributed by atoms with E-state index in [9.17, 15) is 33.9 Å². The van der Waals surface area contributed by atoms with Crippen LogP contribution in [0.2, 0.25) is 0 Å². The summed E-state index contributed by atoms with van der Waals surface area (Å²) in [6.45, 7) is 24.0. The molecule has 6 rings (SSSR count). The molecule has 0 saturated carbocycles. The van der Waals surface area contributed by atoms with Crippen LogP contribution in [0, 0.1) is 10.8 Å². The third-order valence-corrected chi connectivity index (χ3v) is 11.2. The zero-order chi connectivity index (χ0) is 51.2. The smallest absolute Gasteiger partial charge is 0.870 e. The molecule has 4 heterocycles. The number of aromatic nitrogens is 4. The largest absolute Gasteiger partial charge is 1.00 e. The van der Waals surface area contributed by atoms with Crippen molar-refractivity contribution in [1.29, 1.82) is 0 Å². The van der Waals surface area contributed by atoms with Crippen molar-refractivity contribution >= 4 is 62.9 Å². The average Bonchev–Trinajstić information content (AvgIpc) is 3.59. The van der Waals surface area contributed by atoms with Gasteiger partial charge in [0.05, 0.1) is 31.6 Å². The number of carbonyl (C=O) groups is 6. The first kappa shape index (κ1) is 66.0. The number of esters is 1. The van der Waals surface area contributed by atoms with Crippen LogP contribution in [-0.2, 0) is 50.0 Å². The van der Waals surface area contributed by atoms with Crippen molar-refractivity contribution in [3.63, 3.8) is 0 Å². The fraction of sp³-hybridized carbons (Fsp3) is 0.529. The van der Waals surface area contributed by atoms with E-state index in [1.807, 2.05) is 111 Å². The Hall–Kier alpha value is -5.06. The van der Waals surface area contributed by atoms with Crippen LogP contribution in [0.15, 0.2) is 60.7 Å². The number of benzene rings is 2. The van der Waals surface area contributed by atoms with Gasteiger partial charge in [-0.25, -0.2) is 29.1 Å². The minimum Gasteiger partial charge on any atom is -0.870 e. The summed E-state index contributed by atoms with van der Waals surface area (Å²) in [5.74, 6) is -1.48.